The highest BCUT2D eigenvalue weighted by atomic mass is 16.5. The normalized spacial score (nSPS) is 19.8. The van der Waals surface area contributed by atoms with Gasteiger partial charge in [-0.2, -0.15) is 10.2 Å². The Hall–Kier alpha value is -3.66. The van der Waals surface area contributed by atoms with Gasteiger partial charge in [0.2, 0.25) is 5.88 Å². The lowest BCUT2D eigenvalue weighted by atomic mass is 10.1. The maximum Gasteiger partial charge on any atom is 0.267 e. The zero-order chi connectivity index (χ0) is 22.1. The number of fused-ring (bicyclic) bond motifs is 1. The molecule has 2 atom stereocenters. The van der Waals surface area contributed by atoms with E-state index in [4.69, 9.17) is 14.2 Å². The van der Waals surface area contributed by atoms with Gasteiger partial charge in [-0.3, -0.25) is 9.59 Å². The average Bonchev–Trinajstić information content (AvgIpc) is 3.46. The molecule has 166 valence electrons. The monoisotopic (exact) mass is 437 g/mol. The molecule has 0 bridgehead atoms. The van der Waals surface area contributed by atoms with Crippen molar-refractivity contribution in [1.82, 2.24) is 24.9 Å². The van der Waals surface area contributed by atoms with Gasteiger partial charge in [-0.1, -0.05) is 12.1 Å². The van der Waals surface area contributed by atoms with Gasteiger partial charge in [0.25, 0.3) is 11.5 Å². The number of hydrogen-bond acceptors (Lipinski definition) is 7. The van der Waals surface area contributed by atoms with Crippen LogP contribution in [0.3, 0.4) is 0 Å². The van der Waals surface area contributed by atoms with Gasteiger partial charge in [-0.05, 0) is 18.2 Å². The number of aryl methyl sites for hydroxylation is 1. The molecule has 2 aliphatic rings. The van der Waals surface area contributed by atoms with Gasteiger partial charge < -0.3 is 19.5 Å². The predicted molar refractivity (Wildman–Crippen MR) is 114 cm³/mol. The lowest BCUT2D eigenvalue weighted by Gasteiger charge is -2.21. The van der Waals surface area contributed by atoms with E-state index in [-0.39, 0.29) is 24.7 Å². The Morgan fingerprint density at radius 3 is 3.03 bits per heavy atom. The molecule has 1 aromatic carbocycles. The largest absolute Gasteiger partial charge is 0.497 e. The predicted octanol–water partition coefficient (Wildman–Crippen LogP) is 1.27. The van der Waals surface area contributed by atoms with Crippen LogP contribution < -0.4 is 20.3 Å². The first-order valence-electron chi connectivity index (χ1n) is 10.5. The molecule has 1 N–H and O–H groups in total. The van der Waals surface area contributed by atoms with Crippen LogP contribution in [-0.4, -0.2) is 58.4 Å². The van der Waals surface area contributed by atoms with Gasteiger partial charge in [-0.15, -0.1) is 0 Å². The molecule has 0 aliphatic carbocycles. The third kappa shape index (κ3) is 3.73. The van der Waals surface area contributed by atoms with Gasteiger partial charge in [-0.25, -0.2) is 9.36 Å². The maximum absolute atomic E-state index is 12.9. The average molecular weight is 437 g/mol. The Kier molecular flexibility index (Phi) is 5.36. The molecule has 3 aromatic rings. The van der Waals surface area contributed by atoms with E-state index in [0.717, 1.165) is 12.0 Å². The number of nitrogens with one attached hydrogen (secondary N) is 1. The Morgan fingerprint density at radius 1 is 1.25 bits per heavy atom. The third-order valence-corrected chi connectivity index (χ3v) is 5.66. The highest BCUT2D eigenvalue weighted by molar-refractivity contribution is 5.96. The first kappa shape index (κ1) is 20.3. The van der Waals surface area contributed by atoms with Crippen LogP contribution in [0.1, 0.15) is 22.8 Å². The molecule has 32 heavy (non-hydrogen) atoms. The fraction of sp³-hybridized carbons (Fsp3) is 0.364. The van der Waals surface area contributed by atoms with E-state index in [1.165, 1.54) is 16.9 Å². The zero-order valence-corrected chi connectivity index (χ0v) is 17.6. The minimum absolute atomic E-state index is 0.266. The molecule has 2 aromatic heterocycles. The second kappa shape index (κ2) is 8.46. The van der Waals surface area contributed by atoms with Crippen LogP contribution >= 0.6 is 0 Å². The molecule has 0 radical (unpaired) electrons. The summed E-state index contributed by atoms with van der Waals surface area (Å²) in [7, 11) is 1.60. The number of ether oxygens (including phenoxy) is 3. The highest BCUT2D eigenvalue weighted by Gasteiger charge is 2.34. The van der Waals surface area contributed by atoms with Crippen molar-refractivity contribution in [2.24, 2.45) is 0 Å². The summed E-state index contributed by atoms with van der Waals surface area (Å²) in [5.41, 5.74) is 1.55. The summed E-state index contributed by atoms with van der Waals surface area (Å²) in [5, 5.41) is 11.8. The summed E-state index contributed by atoms with van der Waals surface area (Å²) >= 11 is 0. The van der Waals surface area contributed by atoms with Crippen molar-refractivity contribution in [2.75, 3.05) is 26.9 Å². The van der Waals surface area contributed by atoms with Gasteiger partial charge in [0.15, 0.2) is 0 Å². The molecule has 1 amide bonds. The number of hydrogen-bond donors (Lipinski definition) is 1. The molecular formula is C22H23N5O5. The minimum atomic E-state index is -0.440. The SMILES string of the molecule is COc1cccc(-c2ccc(=O)n(C3COCC3NC(=O)c3cnn4c3OCCC4)n2)c1. The Balaban J connectivity index is 1.40. The van der Waals surface area contributed by atoms with E-state index in [0.29, 0.717) is 36.0 Å². The Labute approximate surface area is 183 Å². The number of nitrogens with zero attached hydrogens (tertiary/aromatic N) is 4. The summed E-state index contributed by atoms with van der Waals surface area (Å²) in [4.78, 5) is 25.6. The van der Waals surface area contributed by atoms with Gasteiger partial charge in [0.1, 0.15) is 17.4 Å². The molecule has 10 heteroatoms. The fourth-order valence-corrected chi connectivity index (χ4v) is 3.99. The van der Waals surface area contributed by atoms with Crippen molar-refractivity contribution < 1.29 is 19.0 Å². The smallest absolute Gasteiger partial charge is 0.267 e. The topological polar surface area (TPSA) is 110 Å². The molecule has 2 aliphatic heterocycles. The van der Waals surface area contributed by atoms with Crippen molar-refractivity contribution in [3.63, 3.8) is 0 Å². The number of amides is 1. The van der Waals surface area contributed by atoms with Crippen LogP contribution in [0, 0.1) is 0 Å². The van der Waals surface area contributed by atoms with E-state index in [9.17, 15) is 9.59 Å². The lowest BCUT2D eigenvalue weighted by molar-refractivity contribution is 0.0918. The van der Waals surface area contributed by atoms with E-state index in [1.807, 2.05) is 24.3 Å². The molecule has 0 saturated carbocycles. The quantitative estimate of drug-likeness (QED) is 0.640. The molecular weight excluding hydrogens is 414 g/mol. The van der Waals surface area contributed by atoms with E-state index < -0.39 is 12.1 Å². The van der Waals surface area contributed by atoms with E-state index in [2.05, 4.69) is 15.5 Å². The molecule has 2 unspecified atom stereocenters. The number of rotatable bonds is 5. The van der Waals surface area contributed by atoms with Crippen molar-refractivity contribution in [1.29, 1.82) is 0 Å². The number of benzene rings is 1. The van der Waals surface area contributed by atoms with Crippen LogP contribution in [0.4, 0.5) is 0 Å². The van der Waals surface area contributed by atoms with Crippen LogP contribution in [0.15, 0.2) is 47.4 Å². The van der Waals surface area contributed by atoms with Gasteiger partial charge in [0.05, 0.1) is 44.9 Å². The third-order valence-electron chi connectivity index (χ3n) is 5.66. The number of aromatic nitrogens is 4. The van der Waals surface area contributed by atoms with Gasteiger partial charge in [0, 0.05) is 24.6 Å². The summed E-state index contributed by atoms with van der Waals surface area (Å²) in [6.07, 6.45) is 2.36. The number of methoxy groups -OCH3 is 1. The van der Waals surface area contributed by atoms with E-state index in [1.54, 1.807) is 17.9 Å². The summed E-state index contributed by atoms with van der Waals surface area (Å²) in [6, 6.07) is 9.74. The number of carbonyl (C=O) groups excluding carboxylic acids is 1. The van der Waals surface area contributed by atoms with Crippen LogP contribution in [-0.2, 0) is 11.3 Å². The maximum atomic E-state index is 12.9. The molecule has 10 nitrogen and oxygen atoms in total. The molecule has 1 saturated heterocycles. The van der Waals surface area contributed by atoms with Crippen molar-refractivity contribution in [2.45, 2.75) is 25.0 Å². The Morgan fingerprint density at radius 2 is 2.16 bits per heavy atom. The minimum Gasteiger partial charge on any atom is -0.497 e. The fourth-order valence-electron chi connectivity index (χ4n) is 3.99. The summed E-state index contributed by atoms with van der Waals surface area (Å²) < 4.78 is 19.6. The first-order valence-corrected chi connectivity index (χ1v) is 10.5. The zero-order valence-electron chi connectivity index (χ0n) is 17.6. The van der Waals surface area contributed by atoms with E-state index >= 15 is 0 Å². The second-order valence-corrected chi connectivity index (χ2v) is 7.71. The molecule has 0 spiro atoms. The molecule has 1 fully saturated rings. The Bertz CT molecular complexity index is 1200. The van der Waals surface area contributed by atoms with Crippen LogP contribution in [0.5, 0.6) is 11.6 Å². The van der Waals surface area contributed by atoms with Crippen molar-refractivity contribution in [3.8, 4) is 22.9 Å². The van der Waals surface area contributed by atoms with Crippen LogP contribution in [0.25, 0.3) is 11.3 Å². The molecule has 5 rings (SSSR count). The highest BCUT2D eigenvalue weighted by Crippen LogP contribution is 2.25. The number of carbonyl (C=O) groups is 1. The van der Waals surface area contributed by atoms with Gasteiger partial charge >= 0.3 is 0 Å². The molecule has 4 heterocycles. The first-order chi connectivity index (χ1) is 15.6. The summed E-state index contributed by atoms with van der Waals surface area (Å²) in [5.74, 6) is 0.855. The summed E-state index contributed by atoms with van der Waals surface area (Å²) in [6.45, 7) is 1.81. The van der Waals surface area contributed by atoms with Crippen molar-refractivity contribution in [3.05, 3.63) is 58.5 Å². The second-order valence-electron chi connectivity index (χ2n) is 7.71. The standard InChI is InChI=1S/C22H23N5O5/c1-30-15-5-2-4-14(10-15)17-6-7-20(28)27(25-17)19-13-31-12-18(19)24-21(29)16-11-23-26-8-3-9-32-22(16)26/h2,4-7,10-11,18-19H,3,8-9,12-13H2,1H3,(H,24,29). The lowest BCUT2D eigenvalue weighted by Crippen LogP contribution is -2.44. The van der Waals surface area contributed by atoms with Crippen molar-refractivity contribution >= 4 is 5.91 Å². The van der Waals surface area contributed by atoms with Crippen LogP contribution in [0.2, 0.25) is 0 Å².